The Morgan fingerprint density at radius 3 is 2.11 bits per heavy atom. The minimum Gasteiger partial charge on any atom is -0.291 e. The number of alkyl halides is 3. The van der Waals surface area contributed by atoms with Crippen LogP contribution in [0.5, 0.6) is 0 Å². The molecule has 1 rings (SSSR count). The first-order valence-corrected chi connectivity index (χ1v) is 6.46. The van der Waals surface area contributed by atoms with Gasteiger partial charge in [-0.05, 0) is 12.1 Å². The maximum absolute atomic E-state index is 12.2. The van der Waals surface area contributed by atoms with Gasteiger partial charge in [-0.25, -0.2) is 0 Å². The van der Waals surface area contributed by atoms with Gasteiger partial charge in [0, 0.05) is 5.56 Å². The van der Waals surface area contributed by atoms with E-state index in [0.717, 1.165) is 30.5 Å². The molecular formula is C10H9F3O4S. The molecule has 0 fully saturated rings. The van der Waals surface area contributed by atoms with E-state index >= 15 is 0 Å². The highest BCUT2D eigenvalue weighted by Crippen LogP contribution is 2.29. The molecule has 4 nitrogen and oxygen atoms in total. The maximum atomic E-state index is 12.2. The Labute approximate surface area is 101 Å². The molecule has 0 heterocycles. The first-order chi connectivity index (χ1) is 8.09. The van der Waals surface area contributed by atoms with Gasteiger partial charge in [0.2, 0.25) is 0 Å². The van der Waals surface area contributed by atoms with Crippen molar-refractivity contribution in [3.8, 4) is 0 Å². The summed E-state index contributed by atoms with van der Waals surface area (Å²) < 4.78 is 62.2. The Balaban J connectivity index is 2.77. The number of carbonyl (C=O) groups excluding carboxylic acids is 1. The van der Waals surface area contributed by atoms with Crippen molar-refractivity contribution in [3.05, 3.63) is 35.4 Å². The molecule has 0 spiro atoms. The quantitative estimate of drug-likeness (QED) is 0.624. The molecular weight excluding hydrogens is 273 g/mol. The molecule has 0 saturated heterocycles. The minimum absolute atomic E-state index is 0.0494. The van der Waals surface area contributed by atoms with Gasteiger partial charge in [0.25, 0.3) is 10.1 Å². The van der Waals surface area contributed by atoms with Crippen LogP contribution in [0.25, 0.3) is 0 Å². The maximum Gasteiger partial charge on any atom is 0.416 e. The Bertz CT molecular complexity index is 531. The van der Waals surface area contributed by atoms with Crippen molar-refractivity contribution in [3.63, 3.8) is 0 Å². The molecule has 0 bridgehead atoms. The van der Waals surface area contributed by atoms with Crippen molar-refractivity contribution < 1.29 is 30.6 Å². The molecule has 0 unspecified atom stereocenters. The molecule has 0 aliphatic carbocycles. The number of carbonyl (C=O) groups is 1. The highest BCUT2D eigenvalue weighted by atomic mass is 32.2. The average Bonchev–Trinajstić information content (AvgIpc) is 2.24. The summed E-state index contributed by atoms with van der Waals surface area (Å²) in [5.41, 5.74) is -0.935. The Hall–Kier alpha value is -1.41. The van der Waals surface area contributed by atoms with Crippen LogP contribution in [0.3, 0.4) is 0 Å². The molecule has 0 N–H and O–H groups in total. The highest BCUT2D eigenvalue weighted by molar-refractivity contribution is 7.86. The number of hydrogen-bond donors (Lipinski definition) is 0. The fraction of sp³-hybridized carbons (Fsp3) is 0.300. The van der Waals surface area contributed by atoms with Gasteiger partial charge in [0.1, 0.15) is 6.61 Å². The van der Waals surface area contributed by atoms with Crippen LogP contribution in [-0.4, -0.2) is 27.1 Å². The molecule has 0 atom stereocenters. The summed E-state index contributed by atoms with van der Waals surface area (Å²) in [5, 5.41) is 0. The van der Waals surface area contributed by atoms with Gasteiger partial charge in [0.15, 0.2) is 5.78 Å². The van der Waals surface area contributed by atoms with E-state index in [2.05, 4.69) is 4.18 Å². The summed E-state index contributed by atoms with van der Waals surface area (Å²) in [6.45, 7) is -0.732. The summed E-state index contributed by atoms with van der Waals surface area (Å²) >= 11 is 0. The molecule has 1 aromatic rings. The van der Waals surface area contributed by atoms with Crippen molar-refractivity contribution in [2.24, 2.45) is 0 Å². The number of halogens is 3. The van der Waals surface area contributed by atoms with E-state index in [-0.39, 0.29) is 5.56 Å². The van der Waals surface area contributed by atoms with Crippen LogP contribution in [0.4, 0.5) is 13.2 Å². The molecule has 0 aliphatic heterocycles. The van der Waals surface area contributed by atoms with Gasteiger partial charge in [-0.1, -0.05) is 12.1 Å². The lowest BCUT2D eigenvalue weighted by Gasteiger charge is -2.07. The van der Waals surface area contributed by atoms with Crippen molar-refractivity contribution in [1.29, 1.82) is 0 Å². The summed E-state index contributed by atoms with van der Waals surface area (Å²) in [6, 6.07) is 3.43. The third-order valence-corrected chi connectivity index (χ3v) is 2.48. The van der Waals surface area contributed by atoms with E-state index < -0.39 is 34.2 Å². The predicted octanol–water partition coefficient (Wildman–Crippen LogP) is 1.86. The van der Waals surface area contributed by atoms with Crippen LogP contribution in [0.1, 0.15) is 15.9 Å². The summed E-state index contributed by atoms with van der Waals surface area (Å²) in [5.74, 6) is -0.714. The summed E-state index contributed by atoms with van der Waals surface area (Å²) in [4.78, 5) is 11.4. The summed E-state index contributed by atoms with van der Waals surface area (Å²) in [6.07, 6.45) is -3.71. The molecule has 0 amide bonds. The lowest BCUT2D eigenvalue weighted by molar-refractivity contribution is -0.137. The van der Waals surface area contributed by atoms with Crippen LogP contribution in [0.2, 0.25) is 0 Å². The van der Waals surface area contributed by atoms with E-state index in [1.54, 1.807) is 0 Å². The van der Waals surface area contributed by atoms with E-state index in [0.29, 0.717) is 0 Å². The molecule has 1 aromatic carbocycles. The zero-order valence-corrected chi connectivity index (χ0v) is 10.0. The number of hydrogen-bond acceptors (Lipinski definition) is 4. The molecule has 0 aromatic heterocycles. The van der Waals surface area contributed by atoms with Crippen LogP contribution >= 0.6 is 0 Å². The normalized spacial score (nSPS) is 12.4. The zero-order chi connectivity index (χ0) is 14.0. The fourth-order valence-corrected chi connectivity index (χ4v) is 1.41. The molecule has 8 heteroatoms. The number of benzene rings is 1. The standard InChI is InChI=1S/C10H9F3O4S/c1-18(15,16)17-6-9(14)7-2-4-8(5-3-7)10(11,12)13/h2-5H,6H2,1H3. The first-order valence-electron chi connectivity index (χ1n) is 4.64. The van der Waals surface area contributed by atoms with Gasteiger partial charge in [-0.2, -0.15) is 21.6 Å². The molecule has 0 saturated carbocycles. The van der Waals surface area contributed by atoms with Crippen molar-refractivity contribution in [2.75, 3.05) is 12.9 Å². The minimum atomic E-state index is -4.48. The highest BCUT2D eigenvalue weighted by Gasteiger charge is 2.30. The van der Waals surface area contributed by atoms with Gasteiger partial charge in [-0.15, -0.1) is 0 Å². The SMILES string of the molecule is CS(=O)(=O)OCC(=O)c1ccc(C(F)(F)F)cc1. The van der Waals surface area contributed by atoms with Gasteiger partial charge >= 0.3 is 6.18 Å². The lowest BCUT2D eigenvalue weighted by atomic mass is 10.1. The lowest BCUT2D eigenvalue weighted by Crippen LogP contribution is -2.13. The van der Waals surface area contributed by atoms with Crippen LogP contribution in [0.15, 0.2) is 24.3 Å². The van der Waals surface area contributed by atoms with E-state index in [4.69, 9.17) is 0 Å². The topological polar surface area (TPSA) is 60.4 Å². The molecule has 100 valence electrons. The third kappa shape index (κ3) is 4.46. The van der Waals surface area contributed by atoms with E-state index in [9.17, 15) is 26.4 Å². The number of rotatable bonds is 4. The Morgan fingerprint density at radius 2 is 1.72 bits per heavy atom. The van der Waals surface area contributed by atoms with Crippen molar-refractivity contribution in [1.82, 2.24) is 0 Å². The van der Waals surface area contributed by atoms with E-state index in [1.807, 2.05) is 0 Å². The second-order valence-electron chi connectivity index (χ2n) is 3.46. The van der Waals surface area contributed by atoms with Gasteiger partial charge in [-0.3, -0.25) is 8.98 Å². The van der Waals surface area contributed by atoms with Gasteiger partial charge in [0.05, 0.1) is 11.8 Å². The monoisotopic (exact) mass is 282 g/mol. The first kappa shape index (κ1) is 14.7. The van der Waals surface area contributed by atoms with Crippen LogP contribution in [0, 0.1) is 0 Å². The Morgan fingerprint density at radius 1 is 1.22 bits per heavy atom. The largest absolute Gasteiger partial charge is 0.416 e. The second-order valence-corrected chi connectivity index (χ2v) is 5.11. The number of Topliss-reactive ketones (excluding diaryl/α,β-unsaturated/α-hetero) is 1. The molecule has 18 heavy (non-hydrogen) atoms. The van der Waals surface area contributed by atoms with Crippen LogP contribution in [-0.2, 0) is 20.5 Å². The smallest absolute Gasteiger partial charge is 0.291 e. The van der Waals surface area contributed by atoms with Crippen molar-refractivity contribution in [2.45, 2.75) is 6.18 Å². The van der Waals surface area contributed by atoms with Crippen LogP contribution < -0.4 is 0 Å². The Kier molecular flexibility index (Phi) is 4.12. The molecule has 0 aliphatic rings. The average molecular weight is 282 g/mol. The van der Waals surface area contributed by atoms with E-state index in [1.165, 1.54) is 0 Å². The second kappa shape index (κ2) is 5.07. The van der Waals surface area contributed by atoms with Crippen molar-refractivity contribution >= 4 is 15.9 Å². The van der Waals surface area contributed by atoms with Gasteiger partial charge < -0.3 is 0 Å². The zero-order valence-electron chi connectivity index (χ0n) is 9.19. The molecule has 0 radical (unpaired) electrons. The summed E-state index contributed by atoms with van der Waals surface area (Å²) in [7, 11) is -3.76. The number of ketones is 1. The third-order valence-electron chi connectivity index (χ3n) is 1.94. The predicted molar refractivity (Wildman–Crippen MR) is 56.6 cm³/mol. The fourth-order valence-electron chi connectivity index (χ4n) is 1.09.